The lowest BCUT2D eigenvalue weighted by atomic mass is 9.85. The van der Waals surface area contributed by atoms with E-state index in [9.17, 15) is 19.2 Å². The molecule has 5 rings (SSSR count). The summed E-state index contributed by atoms with van der Waals surface area (Å²) in [4.78, 5) is 51.8. The summed E-state index contributed by atoms with van der Waals surface area (Å²) in [6.45, 7) is 3.36. The van der Waals surface area contributed by atoms with Crippen molar-refractivity contribution in [1.29, 1.82) is 0 Å². The average Bonchev–Trinajstić information content (AvgIpc) is 3.49. The first-order valence-corrected chi connectivity index (χ1v) is 11.9. The Hall–Kier alpha value is -3.26. The Bertz CT molecular complexity index is 1220. The van der Waals surface area contributed by atoms with E-state index in [1.165, 1.54) is 17.0 Å². The summed E-state index contributed by atoms with van der Waals surface area (Å²) in [5.74, 6) is -1.72. The molecule has 2 aromatic carbocycles. The van der Waals surface area contributed by atoms with Gasteiger partial charge in [0.1, 0.15) is 0 Å². The normalized spacial score (nSPS) is 24.5. The Kier molecular flexibility index (Phi) is 5.64. The van der Waals surface area contributed by atoms with Gasteiger partial charge in [-0.05, 0) is 79.6 Å². The van der Waals surface area contributed by atoms with Gasteiger partial charge >= 0.3 is 5.97 Å². The van der Waals surface area contributed by atoms with Crippen molar-refractivity contribution < 1.29 is 23.9 Å². The van der Waals surface area contributed by atoms with Crippen molar-refractivity contribution in [3.05, 3.63) is 69.7 Å². The number of benzene rings is 2. The first-order chi connectivity index (χ1) is 16.2. The van der Waals surface area contributed by atoms with Crippen LogP contribution in [-0.4, -0.2) is 30.3 Å². The highest BCUT2D eigenvalue weighted by atomic mass is 79.9. The molecule has 1 N–H and O–H groups in total. The summed E-state index contributed by atoms with van der Waals surface area (Å²) < 4.78 is 6.09. The predicted molar refractivity (Wildman–Crippen MR) is 129 cm³/mol. The zero-order valence-corrected chi connectivity index (χ0v) is 20.3. The van der Waals surface area contributed by atoms with Crippen molar-refractivity contribution in [2.45, 2.75) is 20.3 Å². The number of nitrogens with zero attached hydrogens (tertiary/aromatic N) is 1. The highest BCUT2D eigenvalue weighted by Gasteiger charge is 2.59. The van der Waals surface area contributed by atoms with E-state index < -0.39 is 18.5 Å². The molecule has 2 aromatic rings. The number of carbonyl (C=O) groups excluding carboxylic acids is 4. The first-order valence-electron chi connectivity index (χ1n) is 11.1. The minimum atomic E-state index is -0.663. The highest BCUT2D eigenvalue weighted by molar-refractivity contribution is 9.10. The number of esters is 1. The van der Waals surface area contributed by atoms with Crippen LogP contribution in [0.5, 0.6) is 0 Å². The van der Waals surface area contributed by atoms with E-state index in [1.807, 2.05) is 26.0 Å². The van der Waals surface area contributed by atoms with Crippen LogP contribution in [0, 0.1) is 37.5 Å². The molecule has 8 heteroatoms. The second-order valence-electron chi connectivity index (χ2n) is 9.10. The standard InChI is InChI=1S/C26H23BrN2O5/c1-13-10-20(14(2)9-19(13)27)28-21(30)12-34-26(33)15-5-7-18(8-6-15)29-24(31)22-16-3-4-17(11-16)23(22)25(29)32/h3-10,16-17,22-23H,11-12H2,1-2H3,(H,28,30)/t16-,17-,22-,23+/m0/s1. The number of anilines is 2. The third kappa shape index (κ3) is 3.76. The Morgan fingerprint density at radius 2 is 1.62 bits per heavy atom. The van der Waals surface area contributed by atoms with E-state index >= 15 is 0 Å². The maximum atomic E-state index is 12.9. The lowest BCUT2D eigenvalue weighted by Crippen LogP contribution is -2.32. The number of halogens is 1. The molecule has 174 valence electrons. The number of amides is 3. The van der Waals surface area contributed by atoms with Gasteiger partial charge in [0.25, 0.3) is 5.91 Å². The fourth-order valence-electron chi connectivity index (χ4n) is 5.22. The third-order valence-electron chi connectivity index (χ3n) is 6.95. The Morgan fingerprint density at radius 1 is 1.00 bits per heavy atom. The number of fused-ring (bicyclic) bond motifs is 5. The van der Waals surface area contributed by atoms with E-state index in [4.69, 9.17) is 4.74 Å². The van der Waals surface area contributed by atoms with Gasteiger partial charge in [-0.25, -0.2) is 4.79 Å². The van der Waals surface area contributed by atoms with Crippen LogP contribution in [0.25, 0.3) is 0 Å². The van der Waals surface area contributed by atoms with Crippen LogP contribution in [0.4, 0.5) is 11.4 Å². The Labute approximate surface area is 205 Å². The van der Waals surface area contributed by atoms with Crippen molar-refractivity contribution in [1.82, 2.24) is 0 Å². The number of nitrogens with one attached hydrogen (secondary N) is 1. The number of allylic oxidation sites excluding steroid dienone is 2. The third-order valence-corrected chi connectivity index (χ3v) is 7.80. The quantitative estimate of drug-likeness (QED) is 0.361. The predicted octanol–water partition coefficient (Wildman–Crippen LogP) is 4.17. The highest BCUT2D eigenvalue weighted by Crippen LogP contribution is 2.53. The molecule has 0 aromatic heterocycles. The van der Waals surface area contributed by atoms with E-state index in [-0.39, 0.29) is 41.0 Å². The van der Waals surface area contributed by atoms with Gasteiger partial charge in [-0.2, -0.15) is 0 Å². The van der Waals surface area contributed by atoms with Gasteiger partial charge in [-0.3, -0.25) is 19.3 Å². The molecule has 0 unspecified atom stereocenters. The van der Waals surface area contributed by atoms with Gasteiger partial charge in [-0.15, -0.1) is 0 Å². The van der Waals surface area contributed by atoms with Crippen molar-refractivity contribution >= 4 is 51.0 Å². The minimum absolute atomic E-state index is 0.141. The van der Waals surface area contributed by atoms with Gasteiger partial charge in [0.15, 0.2) is 6.61 Å². The summed E-state index contributed by atoms with van der Waals surface area (Å²) in [6.07, 6.45) is 4.98. The van der Waals surface area contributed by atoms with E-state index in [2.05, 4.69) is 33.4 Å². The fraction of sp³-hybridized carbons (Fsp3) is 0.308. The zero-order valence-electron chi connectivity index (χ0n) is 18.7. The molecular weight excluding hydrogens is 500 g/mol. The van der Waals surface area contributed by atoms with E-state index in [0.29, 0.717) is 11.4 Å². The summed E-state index contributed by atoms with van der Waals surface area (Å²) in [5, 5.41) is 2.75. The maximum absolute atomic E-state index is 12.9. The largest absolute Gasteiger partial charge is 0.452 e. The van der Waals surface area contributed by atoms with Gasteiger partial charge < -0.3 is 10.1 Å². The second kappa shape index (κ2) is 8.51. The number of rotatable bonds is 5. The van der Waals surface area contributed by atoms with Crippen molar-refractivity contribution in [2.24, 2.45) is 23.7 Å². The SMILES string of the molecule is Cc1cc(NC(=O)COC(=O)c2ccc(N3C(=O)[C@@H]4[C@H](C3=O)[C@H]3C=C[C@H]4C3)cc2)c(C)cc1Br. The molecule has 7 nitrogen and oxygen atoms in total. The van der Waals surface area contributed by atoms with Crippen LogP contribution in [0.15, 0.2) is 53.0 Å². The molecule has 3 aliphatic rings. The zero-order chi connectivity index (χ0) is 24.1. The molecule has 1 saturated carbocycles. The molecule has 34 heavy (non-hydrogen) atoms. The molecule has 0 spiro atoms. The lowest BCUT2D eigenvalue weighted by Gasteiger charge is -2.17. The van der Waals surface area contributed by atoms with Crippen LogP contribution < -0.4 is 10.2 Å². The van der Waals surface area contributed by atoms with Crippen molar-refractivity contribution in [3.8, 4) is 0 Å². The molecular formula is C26H23BrN2O5. The number of hydrogen-bond donors (Lipinski definition) is 1. The second-order valence-corrected chi connectivity index (χ2v) is 9.95. The molecule has 2 bridgehead atoms. The van der Waals surface area contributed by atoms with Gasteiger partial charge in [0.05, 0.1) is 23.1 Å². The Morgan fingerprint density at radius 3 is 2.24 bits per heavy atom. The van der Waals surface area contributed by atoms with Gasteiger partial charge in [-0.1, -0.05) is 28.1 Å². The van der Waals surface area contributed by atoms with E-state index in [0.717, 1.165) is 22.0 Å². The van der Waals surface area contributed by atoms with Crippen LogP contribution in [0.1, 0.15) is 27.9 Å². The maximum Gasteiger partial charge on any atom is 0.338 e. The molecule has 1 saturated heterocycles. The number of imide groups is 1. The number of aryl methyl sites for hydroxylation is 2. The van der Waals surface area contributed by atoms with Crippen LogP contribution in [-0.2, 0) is 19.1 Å². The van der Waals surface area contributed by atoms with Crippen molar-refractivity contribution in [2.75, 3.05) is 16.8 Å². The molecule has 3 amide bonds. The molecule has 0 radical (unpaired) electrons. The summed E-state index contributed by atoms with van der Waals surface area (Å²) in [7, 11) is 0. The van der Waals surface area contributed by atoms with Crippen LogP contribution >= 0.6 is 15.9 Å². The minimum Gasteiger partial charge on any atom is -0.452 e. The lowest BCUT2D eigenvalue weighted by molar-refractivity contribution is -0.123. The van der Waals surface area contributed by atoms with Gasteiger partial charge in [0, 0.05) is 10.2 Å². The number of carbonyl (C=O) groups is 4. The molecule has 1 heterocycles. The van der Waals surface area contributed by atoms with Crippen LogP contribution in [0.3, 0.4) is 0 Å². The summed E-state index contributed by atoms with van der Waals surface area (Å²) in [5.41, 5.74) is 3.18. The summed E-state index contributed by atoms with van der Waals surface area (Å²) >= 11 is 3.45. The molecule has 1 aliphatic heterocycles. The van der Waals surface area contributed by atoms with Crippen LogP contribution in [0.2, 0.25) is 0 Å². The summed E-state index contributed by atoms with van der Waals surface area (Å²) in [6, 6.07) is 9.88. The number of ether oxygens (including phenoxy) is 1. The first kappa shape index (κ1) is 22.5. The van der Waals surface area contributed by atoms with Crippen molar-refractivity contribution in [3.63, 3.8) is 0 Å². The Balaban J connectivity index is 1.20. The average molecular weight is 523 g/mol. The molecule has 2 aliphatic carbocycles. The van der Waals surface area contributed by atoms with Gasteiger partial charge in [0.2, 0.25) is 11.8 Å². The molecule has 2 fully saturated rings. The fourth-order valence-corrected chi connectivity index (χ4v) is 5.68. The monoisotopic (exact) mass is 522 g/mol. The topological polar surface area (TPSA) is 92.8 Å². The number of hydrogen-bond acceptors (Lipinski definition) is 5. The smallest absolute Gasteiger partial charge is 0.338 e. The molecule has 4 atom stereocenters. The van der Waals surface area contributed by atoms with E-state index in [1.54, 1.807) is 12.1 Å².